The monoisotopic (exact) mass is 318 g/mol. The first-order valence-electron chi connectivity index (χ1n) is 7.90. The maximum Gasteiger partial charge on any atom is 0.194 e. The molecule has 2 N–H and O–H groups in total. The van der Waals surface area contributed by atoms with Crippen molar-refractivity contribution in [2.24, 2.45) is 0 Å². The molecule has 1 aliphatic carbocycles. The molecule has 0 aromatic heterocycles. The van der Waals surface area contributed by atoms with Crippen molar-refractivity contribution in [1.29, 1.82) is 0 Å². The molecule has 1 aliphatic rings. The van der Waals surface area contributed by atoms with Gasteiger partial charge in [0.25, 0.3) is 0 Å². The van der Waals surface area contributed by atoms with Crippen LogP contribution >= 0.6 is 0 Å². The van der Waals surface area contributed by atoms with E-state index in [0.717, 1.165) is 27.5 Å². The van der Waals surface area contributed by atoms with Gasteiger partial charge in [0, 0.05) is 5.56 Å². The van der Waals surface area contributed by atoms with Crippen molar-refractivity contribution in [1.82, 2.24) is 0 Å². The molecule has 0 fully saturated rings. The van der Waals surface area contributed by atoms with Crippen LogP contribution in [0, 0.1) is 0 Å². The number of ether oxygens (including phenoxy) is 1. The van der Waals surface area contributed by atoms with E-state index >= 15 is 0 Å². The molecule has 0 radical (unpaired) electrons. The molecule has 3 nitrogen and oxygen atoms in total. The Bertz CT molecular complexity index is 941. The van der Waals surface area contributed by atoms with Crippen LogP contribution in [0.25, 0.3) is 16.8 Å². The zero-order valence-electron chi connectivity index (χ0n) is 13.3. The molecule has 0 bridgehead atoms. The highest BCUT2D eigenvalue weighted by Crippen LogP contribution is 2.46. The molecule has 3 aromatic rings. The van der Waals surface area contributed by atoms with E-state index in [1.165, 1.54) is 6.08 Å². The second-order valence-corrected chi connectivity index (χ2v) is 6.08. The molecular weight excluding hydrogens is 300 g/mol. The molecule has 0 heterocycles. The lowest BCUT2D eigenvalue weighted by atomic mass is 9.76. The topological polar surface area (TPSA) is 49.7 Å². The van der Waals surface area contributed by atoms with Crippen LogP contribution in [-0.4, -0.2) is 23.1 Å². The molecule has 0 amide bonds. The minimum absolute atomic E-state index is 0.625. The lowest BCUT2D eigenvalue weighted by molar-refractivity contribution is -0.129. The molecular formula is C21H18O3. The predicted octanol–water partition coefficient (Wildman–Crippen LogP) is 3.69. The van der Waals surface area contributed by atoms with Crippen LogP contribution in [0.4, 0.5) is 0 Å². The molecule has 0 saturated carbocycles. The fourth-order valence-electron chi connectivity index (χ4n) is 3.58. The van der Waals surface area contributed by atoms with Crippen molar-refractivity contribution in [3.8, 4) is 5.75 Å². The number of aliphatic hydroxyl groups is 2. The molecule has 0 aliphatic heterocycles. The van der Waals surface area contributed by atoms with Crippen molar-refractivity contribution < 1.29 is 14.9 Å². The quantitative estimate of drug-likeness (QED) is 0.709. The Hall–Kier alpha value is -2.62. The SMILES string of the molecule is COc1ccc2ccccc2c1[C@H]1c2ccccc2C=CC1(O)O. The summed E-state index contributed by atoms with van der Waals surface area (Å²) in [5.41, 5.74) is 2.65. The Kier molecular flexibility index (Phi) is 3.41. The van der Waals surface area contributed by atoms with E-state index in [1.807, 2.05) is 60.7 Å². The van der Waals surface area contributed by atoms with E-state index in [2.05, 4.69) is 0 Å². The number of hydrogen-bond donors (Lipinski definition) is 2. The van der Waals surface area contributed by atoms with E-state index in [4.69, 9.17) is 4.74 Å². The highest BCUT2D eigenvalue weighted by atomic mass is 16.5. The summed E-state index contributed by atoms with van der Waals surface area (Å²) in [5.74, 6) is -1.96. The van der Waals surface area contributed by atoms with Gasteiger partial charge in [-0.25, -0.2) is 0 Å². The van der Waals surface area contributed by atoms with Crippen molar-refractivity contribution in [2.45, 2.75) is 11.7 Å². The maximum absolute atomic E-state index is 10.7. The summed E-state index contributed by atoms with van der Waals surface area (Å²) in [4.78, 5) is 0. The van der Waals surface area contributed by atoms with Crippen LogP contribution in [-0.2, 0) is 0 Å². The Morgan fingerprint density at radius 2 is 1.67 bits per heavy atom. The van der Waals surface area contributed by atoms with E-state index < -0.39 is 11.7 Å². The molecule has 24 heavy (non-hydrogen) atoms. The Morgan fingerprint density at radius 1 is 0.917 bits per heavy atom. The van der Waals surface area contributed by atoms with E-state index in [-0.39, 0.29) is 0 Å². The Labute approximate surface area is 140 Å². The van der Waals surface area contributed by atoms with Gasteiger partial charge >= 0.3 is 0 Å². The van der Waals surface area contributed by atoms with E-state index in [9.17, 15) is 10.2 Å². The fourth-order valence-corrected chi connectivity index (χ4v) is 3.58. The normalized spacial score (nSPS) is 18.4. The summed E-state index contributed by atoms with van der Waals surface area (Å²) in [6, 6.07) is 19.6. The molecule has 3 aromatic carbocycles. The van der Waals surface area contributed by atoms with Gasteiger partial charge in [0.1, 0.15) is 5.75 Å². The van der Waals surface area contributed by atoms with Crippen LogP contribution < -0.4 is 4.74 Å². The number of benzene rings is 3. The smallest absolute Gasteiger partial charge is 0.194 e. The zero-order chi connectivity index (χ0) is 16.7. The second-order valence-electron chi connectivity index (χ2n) is 6.08. The molecule has 1 atom stereocenters. The number of hydrogen-bond acceptors (Lipinski definition) is 3. The van der Waals surface area contributed by atoms with Crippen molar-refractivity contribution in [3.05, 3.63) is 83.4 Å². The lowest BCUT2D eigenvalue weighted by Crippen LogP contribution is -2.37. The van der Waals surface area contributed by atoms with Crippen LogP contribution in [0.15, 0.2) is 66.7 Å². The van der Waals surface area contributed by atoms with Gasteiger partial charge in [-0.1, -0.05) is 60.7 Å². The Morgan fingerprint density at radius 3 is 2.50 bits per heavy atom. The van der Waals surface area contributed by atoms with Crippen molar-refractivity contribution in [3.63, 3.8) is 0 Å². The summed E-state index contributed by atoms with van der Waals surface area (Å²) < 4.78 is 5.57. The summed E-state index contributed by atoms with van der Waals surface area (Å²) in [7, 11) is 1.61. The summed E-state index contributed by atoms with van der Waals surface area (Å²) in [6.07, 6.45) is 3.20. The Balaban J connectivity index is 2.08. The van der Waals surface area contributed by atoms with Gasteiger partial charge in [-0.3, -0.25) is 0 Å². The third kappa shape index (κ3) is 2.21. The lowest BCUT2D eigenvalue weighted by Gasteiger charge is -2.35. The van der Waals surface area contributed by atoms with Crippen molar-refractivity contribution in [2.75, 3.05) is 7.11 Å². The number of rotatable bonds is 2. The number of methoxy groups -OCH3 is 1. The van der Waals surface area contributed by atoms with Crippen LogP contribution in [0.5, 0.6) is 5.75 Å². The van der Waals surface area contributed by atoms with E-state index in [0.29, 0.717) is 5.75 Å². The third-order valence-corrected chi connectivity index (χ3v) is 4.68. The van der Waals surface area contributed by atoms with Gasteiger partial charge in [-0.05, 0) is 34.0 Å². The first-order valence-corrected chi connectivity index (χ1v) is 7.90. The largest absolute Gasteiger partial charge is 0.496 e. The molecule has 3 heteroatoms. The highest BCUT2D eigenvalue weighted by Gasteiger charge is 2.40. The first-order chi connectivity index (χ1) is 11.6. The molecule has 120 valence electrons. The minimum Gasteiger partial charge on any atom is -0.496 e. The first kappa shape index (κ1) is 14.9. The van der Waals surface area contributed by atoms with Gasteiger partial charge in [0.05, 0.1) is 13.0 Å². The summed E-state index contributed by atoms with van der Waals surface area (Å²) in [5, 5.41) is 23.4. The van der Waals surface area contributed by atoms with Gasteiger partial charge in [0.15, 0.2) is 5.79 Å². The average Bonchev–Trinajstić information content (AvgIpc) is 2.61. The molecule has 0 unspecified atom stereocenters. The van der Waals surface area contributed by atoms with Crippen LogP contribution in [0.2, 0.25) is 0 Å². The molecule has 4 rings (SSSR count). The highest BCUT2D eigenvalue weighted by molar-refractivity contribution is 5.89. The second kappa shape index (κ2) is 5.48. The van der Waals surface area contributed by atoms with Crippen LogP contribution in [0.3, 0.4) is 0 Å². The zero-order valence-corrected chi connectivity index (χ0v) is 13.3. The van der Waals surface area contributed by atoms with Crippen LogP contribution in [0.1, 0.15) is 22.6 Å². The number of fused-ring (bicyclic) bond motifs is 2. The minimum atomic E-state index is -1.98. The standard InChI is InChI=1S/C21H18O3/c1-24-18-11-10-14-6-2-4-8-16(14)19(18)20-17-9-5-3-7-15(17)12-13-21(20,22)23/h2-13,20,22-23H,1H3/t20-/m1/s1. The average molecular weight is 318 g/mol. The summed E-state index contributed by atoms with van der Waals surface area (Å²) >= 11 is 0. The van der Waals surface area contributed by atoms with Gasteiger partial charge < -0.3 is 14.9 Å². The predicted molar refractivity (Wildman–Crippen MR) is 95.0 cm³/mol. The van der Waals surface area contributed by atoms with Gasteiger partial charge in [-0.15, -0.1) is 0 Å². The third-order valence-electron chi connectivity index (χ3n) is 4.68. The van der Waals surface area contributed by atoms with Gasteiger partial charge in [0.2, 0.25) is 0 Å². The summed E-state index contributed by atoms with van der Waals surface area (Å²) in [6.45, 7) is 0. The van der Waals surface area contributed by atoms with Gasteiger partial charge in [-0.2, -0.15) is 0 Å². The maximum atomic E-state index is 10.7. The van der Waals surface area contributed by atoms with Crippen molar-refractivity contribution >= 4 is 16.8 Å². The fraction of sp³-hybridized carbons (Fsp3) is 0.143. The molecule has 0 spiro atoms. The molecule has 0 saturated heterocycles. The van der Waals surface area contributed by atoms with E-state index in [1.54, 1.807) is 13.2 Å².